The first-order chi connectivity index (χ1) is 7.20. The van der Waals surface area contributed by atoms with Crippen LogP contribution in [0.3, 0.4) is 0 Å². The number of para-hydroxylation sites is 1. The number of oxime groups is 1. The molecule has 0 heterocycles. The maximum Gasteiger partial charge on any atom is 0.273 e. The lowest BCUT2D eigenvalue weighted by Crippen LogP contribution is -2.28. The molecule has 80 valence electrons. The molecule has 0 saturated heterocycles. The van der Waals surface area contributed by atoms with Gasteiger partial charge in [-0.3, -0.25) is 4.79 Å². The topological polar surface area (TPSA) is 70.9 Å². The zero-order valence-electron chi connectivity index (χ0n) is 8.52. The first kappa shape index (κ1) is 11.0. The van der Waals surface area contributed by atoms with E-state index in [9.17, 15) is 9.90 Å². The number of likely N-dealkylation sites (N-methyl/N-ethyl adjacent to an activating group) is 1. The zero-order chi connectivity index (χ0) is 11.3. The Kier molecular flexibility index (Phi) is 3.68. The summed E-state index contributed by atoms with van der Waals surface area (Å²) in [5.74, 6) is -0.435. The molecule has 0 saturated carbocycles. The molecule has 1 rings (SSSR count). The number of hydrogen-bond donors (Lipinski definition) is 2. The average Bonchev–Trinajstić information content (AvgIpc) is 2.26. The van der Waals surface area contributed by atoms with Gasteiger partial charge in [0.2, 0.25) is 0 Å². The Morgan fingerprint density at radius 2 is 2.13 bits per heavy atom. The average molecular weight is 208 g/mol. The number of nitrogens with one attached hydrogen (secondary N) is 1. The number of nitrogens with zero attached hydrogens (tertiary/aromatic N) is 1. The molecular formula is C10H12N2O3. The number of benzene rings is 1. The largest absolute Gasteiger partial charge is 0.507 e. The maximum absolute atomic E-state index is 11.4. The van der Waals surface area contributed by atoms with Crippen LogP contribution in [0.1, 0.15) is 5.56 Å². The van der Waals surface area contributed by atoms with E-state index < -0.39 is 5.91 Å². The molecule has 0 aliphatic carbocycles. The van der Waals surface area contributed by atoms with Crippen LogP contribution in [-0.4, -0.2) is 30.9 Å². The minimum absolute atomic E-state index is 0.0168. The van der Waals surface area contributed by atoms with E-state index in [1.54, 1.807) is 18.2 Å². The van der Waals surface area contributed by atoms with E-state index in [0.29, 0.717) is 5.56 Å². The van der Waals surface area contributed by atoms with Crippen molar-refractivity contribution in [3.05, 3.63) is 29.8 Å². The number of aromatic hydroxyl groups is 1. The normalized spacial score (nSPS) is 10.9. The van der Waals surface area contributed by atoms with Crippen molar-refractivity contribution in [2.45, 2.75) is 0 Å². The van der Waals surface area contributed by atoms with Gasteiger partial charge in [0, 0.05) is 7.05 Å². The fourth-order valence-electron chi connectivity index (χ4n) is 1.10. The van der Waals surface area contributed by atoms with Gasteiger partial charge >= 0.3 is 0 Å². The molecule has 2 N–H and O–H groups in total. The Hall–Kier alpha value is -2.04. The minimum Gasteiger partial charge on any atom is -0.507 e. The van der Waals surface area contributed by atoms with Crippen LogP contribution in [0.15, 0.2) is 29.4 Å². The molecule has 0 unspecified atom stereocenters. The second kappa shape index (κ2) is 4.99. The van der Waals surface area contributed by atoms with E-state index in [2.05, 4.69) is 15.3 Å². The smallest absolute Gasteiger partial charge is 0.273 e. The third-order valence-corrected chi connectivity index (χ3v) is 1.78. The van der Waals surface area contributed by atoms with Crippen molar-refractivity contribution in [1.82, 2.24) is 5.32 Å². The van der Waals surface area contributed by atoms with Gasteiger partial charge in [-0.1, -0.05) is 17.3 Å². The Balaban J connectivity index is 3.17. The highest BCUT2D eigenvalue weighted by Gasteiger charge is 2.16. The highest BCUT2D eigenvalue weighted by Crippen LogP contribution is 2.16. The summed E-state index contributed by atoms with van der Waals surface area (Å²) in [5, 5.41) is 15.5. The lowest BCUT2D eigenvalue weighted by molar-refractivity contribution is -0.114. The van der Waals surface area contributed by atoms with Gasteiger partial charge < -0.3 is 15.3 Å². The first-order valence-electron chi connectivity index (χ1n) is 4.32. The van der Waals surface area contributed by atoms with Gasteiger partial charge in [0.1, 0.15) is 12.9 Å². The molecule has 1 aromatic carbocycles. The summed E-state index contributed by atoms with van der Waals surface area (Å²) >= 11 is 0. The quantitative estimate of drug-likeness (QED) is 0.561. The number of hydrogen-bond acceptors (Lipinski definition) is 4. The van der Waals surface area contributed by atoms with Crippen LogP contribution >= 0.6 is 0 Å². The van der Waals surface area contributed by atoms with Gasteiger partial charge in [0.05, 0.1) is 5.56 Å². The summed E-state index contributed by atoms with van der Waals surface area (Å²) in [7, 11) is 2.82. The van der Waals surface area contributed by atoms with Gasteiger partial charge in [0.25, 0.3) is 5.91 Å². The van der Waals surface area contributed by atoms with Gasteiger partial charge in [0.15, 0.2) is 5.71 Å². The molecule has 0 aliphatic heterocycles. The van der Waals surface area contributed by atoms with E-state index in [1.165, 1.54) is 20.2 Å². The summed E-state index contributed by atoms with van der Waals surface area (Å²) < 4.78 is 0. The van der Waals surface area contributed by atoms with E-state index in [1.807, 2.05) is 0 Å². The van der Waals surface area contributed by atoms with E-state index in [-0.39, 0.29) is 11.5 Å². The molecular weight excluding hydrogens is 196 g/mol. The highest BCUT2D eigenvalue weighted by atomic mass is 16.6. The second-order valence-electron chi connectivity index (χ2n) is 2.72. The van der Waals surface area contributed by atoms with Crippen LogP contribution in [0.4, 0.5) is 0 Å². The Morgan fingerprint density at radius 1 is 1.47 bits per heavy atom. The lowest BCUT2D eigenvalue weighted by atomic mass is 10.1. The van der Waals surface area contributed by atoms with Crippen LogP contribution in [0.25, 0.3) is 0 Å². The summed E-state index contributed by atoms with van der Waals surface area (Å²) in [5.41, 5.74) is 0.372. The Bertz CT molecular complexity index is 388. The summed E-state index contributed by atoms with van der Waals surface area (Å²) in [4.78, 5) is 16.0. The van der Waals surface area contributed by atoms with Crippen molar-refractivity contribution in [2.24, 2.45) is 5.16 Å². The molecule has 0 aliphatic rings. The van der Waals surface area contributed by atoms with Crippen molar-refractivity contribution in [2.75, 3.05) is 14.2 Å². The molecule has 15 heavy (non-hydrogen) atoms. The number of carbonyl (C=O) groups is 1. The monoisotopic (exact) mass is 208 g/mol. The number of phenols is 1. The second-order valence-corrected chi connectivity index (χ2v) is 2.72. The van der Waals surface area contributed by atoms with Crippen molar-refractivity contribution in [1.29, 1.82) is 0 Å². The molecule has 5 nitrogen and oxygen atoms in total. The number of rotatable bonds is 3. The third kappa shape index (κ3) is 2.46. The van der Waals surface area contributed by atoms with Crippen molar-refractivity contribution in [3.8, 4) is 5.75 Å². The lowest BCUT2D eigenvalue weighted by Gasteiger charge is -2.05. The van der Waals surface area contributed by atoms with Gasteiger partial charge in [-0.15, -0.1) is 0 Å². The molecule has 0 aromatic heterocycles. The predicted molar refractivity (Wildman–Crippen MR) is 55.7 cm³/mol. The summed E-state index contributed by atoms with van der Waals surface area (Å²) in [6.45, 7) is 0. The molecule has 1 aromatic rings. The molecule has 0 spiro atoms. The van der Waals surface area contributed by atoms with Crippen LogP contribution in [0.5, 0.6) is 5.75 Å². The third-order valence-electron chi connectivity index (χ3n) is 1.78. The van der Waals surface area contributed by atoms with Gasteiger partial charge in [-0.25, -0.2) is 0 Å². The Labute approximate surface area is 87.4 Å². The number of amides is 1. The number of phenolic OH excluding ortho intramolecular Hbond substituents is 1. The summed E-state index contributed by atoms with van der Waals surface area (Å²) in [6, 6.07) is 6.42. The van der Waals surface area contributed by atoms with E-state index >= 15 is 0 Å². The van der Waals surface area contributed by atoms with Crippen molar-refractivity contribution in [3.63, 3.8) is 0 Å². The molecule has 0 fully saturated rings. The SMILES string of the molecule is CNC(=O)C(=NOC)c1ccccc1O. The van der Waals surface area contributed by atoms with Crippen LogP contribution < -0.4 is 5.32 Å². The maximum atomic E-state index is 11.4. The van der Waals surface area contributed by atoms with E-state index in [0.717, 1.165) is 0 Å². The standard InChI is InChI=1S/C10H12N2O3/c1-11-10(14)9(12-15-2)7-5-3-4-6-8(7)13/h3-6,13H,1-2H3,(H,11,14). The number of carbonyl (C=O) groups excluding carboxylic acids is 1. The van der Waals surface area contributed by atoms with Crippen LogP contribution in [0.2, 0.25) is 0 Å². The first-order valence-corrected chi connectivity index (χ1v) is 4.32. The highest BCUT2D eigenvalue weighted by molar-refractivity contribution is 6.45. The van der Waals surface area contributed by atoms with E-state index in [4.69, 9.17) is 0 Å². The van der Waals surface area contributed by atoms with Crippen molar-refractivity contribution >= 4 is 11.6 Å². The zero-order valence-corrected chi connectivity index (χ0v) is 8.52. The fourth-order valence-corrected chi connectivity index (χ4v) is 1.10. The molecule has 0 atom stereocenters. The molecule has 0 bridgehead atoms. The van der Waals surface area contributed by atoms with Gasteiger partial charge in [-0.2, -0.15) is 0 Å². The molecule has 1 amide bonds. The predicted octanol–water partition coefficient (Wildman–Crippen LogP) is 0.489. The van der Waals surface area contributed by atoms with Gasteiger partial charge in [-0.05, 0) is 12.1 Å². The summed E-state index contributed by atoms with van der Waals surface area (Å²) in [6.07, 6.45) is 0. The Morgan fingerprint density at radius 3 is 2.67 bits per heavy atom. The van der Waals surface area contributed by atoms with Crippen LogP contribution in [-0.2, 0) is 9.63 Å². The molecule has 0 radical (unpaired) electrons. The van der Waals surface area contributed by atoms with Crippen LogP contribution in [0, 0.1) is 0 Å². The van der Waals surface area contributed by atoms with Crippen molar-refractivity contribution < 1.29 is 14.7 Å². The minimum atomic E-state index is -0.418. The fraction of sp³-hybridized carbons (Fsp3) is 0.200. The molecule has 5 heteroatoms.